The molecule has 1 amide bonds. The third-order valence-corrected chi connectivity index (χ3v) is 3.33. The number of rotatable bonds is 5. The van der Waals surface area contributed by atoms with Gasteiger partial charge in [0.1, 0.15) is 11.3 Å². The van der Waals surface area contributed by atoms with Gasteiger partial charge in [-0.25, -0.2) is 0 Å². The summed E-state index contributed by atoms with van der Waals surface area (Å²) in [6.07, 6.45) is 5.13. The Labute approximate surface area is 118 Å². The van der Waals surface area contributed by atoms with Crippen LogP contribution in [0.25, 0.3) is 11.0 Å². The Hall–Kier alpha value is -2.25. The maximum absolute atomic E-state index is 12.0. The fourth-order valence-corrected chi connectivity index (χ4v) is 1.98. The molecule has 1 aromatic heterocycles. The minimum atomic E-state index is -0.123. The fourth-order valence-electron chi connectivity index (χ4n) is 1.98. The number of nitrogens with one attached hydrogen (secondary N) is 1. The smallest absolute Gasteiger partial charge is 0.236 e. The second-order valence-electron chi connectivity index (χ2n) is 4.67. The Balaban J connectivity index is 2.07. The molecule has 0 spiro atoms. The second kappa shape index (κ2) is 6.27. The summed E-state index contributed by atoms with van der Waals surface area (Å²) in [6, 6.07) is 9.65. The number of terminal acetylenes is 1. The van der Waals surface area contributed by atoms with E-state index in [0.29, 0.717) is 6.54 Å². The van der Waals surface area contributed by atoms with Crippen LogP contribution < -0.4 is 5.32 Å². The lowest BCUT2D eigenvalue weighted by Gasteiger charge is -2.23. The number of carbonyl (C=O) groups is 1. The predicted octanol–water partition coefficient (Wildman–Crippen LogP) is 2.17. The highest BCUT2D eigenvalue weighted by molar-refractivity contribution is 5.80. The standard InChI is InChI=1S/C16H18N2O2/c1-4-9-17-11-16(19)18(3)12(2)15-10-13-7-5-6-8-14(13)20-15/h1,5-8,10,12,17H,9,11H2,2-3H3. The van der Waals surface area contributed by atoms with E-state index in [2.05, 4.69) is 11.2 Å². The summed E-state index contributed by atoms with van der Waals surface area (Å²) in [4.78, 5) is 13.7. The van der Waals surface area contributed by atoms with Gasteiger partial charge < -0.3 is 9.32 Å². The van der Waals surface area contributed by atoms with Crippen LogP contribution in [0, 0.1) is 12.3 Å². The lowest BCUT2D eigenvalue weighted by molar-refractivity contribution is -0.131. The topological polar surface area (TPSA) is 45.5 Å². The molecule has 1 aromatic carbocycles. The average Bonchev–Trinajstić information content (AvgIpc) is 2.89. The van der Waals surface area contributed by atoms with Gasteiger partial charge in [0.25, 0.3) is 0 Å². The van der Waals surface area contributed by atoms with Crippen molar-refractivity contribution in [3.63, 3.8) is 0 Å². The normalized spacial score (nSPS) is 12.1. The van der Waals surface area contributed by atoms with Crippen molar-refractivity contribution in [1.82, 2.24) is 10.2 Å². The predicted molar refractivity (Wildman–Crippen MR) is 79.1 cm³/mol. The van der Waals surface area contributed by atoms with Gasteiger partial charge in [0.15, 0.2) is 0 Å². The van der Waals surface area contributed by atoms with Gasteiger partial charge in [-0.1, -0.05) is 24.1 Å². The Kier molecular flexibility index (Phi) is 4.44. The van der Waals surface area contributed by atoms with Gasteiger partial charge in [-0.15, -0.1) is 6.42 Å². The first kappa shape index (κ1) is 14.2. The van der Waals surface area contributed by atoms with Crippen molar-refractivity contribution in [3.05, 3.63) is 36.1 Å². The van der Waals surface area contributed by atoms with Crippen molar-refractivity contribution in [2.45, 2.75) is 13.0 Å². The third-order valence-electron chi connectivity index (χ3n) is 3.33. The van der Waals surface area contributed by atoms with Crippen LogP contribution in [0.15, 0.2) is 34.7 Å². The number of amides is 1. The van der Waals surface area contributed by atoms with Crippen molar-refractivity contribution in [1.29, 1.82) is 0 Å². The molecular weight excluding hydrogens is 252 g/mol. The molecule has 0 bridgehead atoms. The number of benzene rings is 1. The van der Waals surface area contributed by atoms with Crippen LogP contribution in [0.5, 0.6) is 0 Å². The molecule has 1 unspecified atom stereocenters. The van der Waals surface area contributed by atoms with Gasteiger partial charge in [-0.3, -0.25) is 10.1 Å². The SMILES string of the molecule is C#CCNCC(=O)N(C)C(C)c1cc2ccccc2o1. The Bertz CT molecular complexity index is 606. The van der Waals surface area contributed by atoms with E-state index < -0.39 is 0 Å². The molecule has 0 aliphatic carbocycles. The van der Waals surface area contributed by atoms with Crippen molar-refractivity contribution in [2.75, 3.05) is 20.1 Å². The molecule has 0 fully saturated rings. The number of hydrogen-bond acceptors (Lipinski definition) is 3. The summed E-state index contributed by atoms with van der Waals surface area (Å²) in [7, 11) is 1.76. The van der Waals surface area contributed by atoms with Crippen LogP contribution in [0.4, 0.5) is 0 Å². The van der Waals surface area contributed by atoms with Gasteiger partial charge in [0.05, 0.1) is 19.1 Å². The van der Waals surface area contributed by atoms with Gasteiger partial charge in [0, 0.05) is 12.4 Å². The Morgan fingerprint density at radius 1 is 1.50 bits per heavy atom. The first-order valence-corrected chi connectivity index (χ1v) is 6.52. The number of hydrogen-bond donors (Lipinski definition) is 1. The Morgan fingerprint density at radius 2 is 2.25 bits per heavy atom. The molecule has 1 atom stereocenters. The van der Waals surface area contributed by atoms with E-state index in [4.69, 9.17) is 10.8 Å². The molecule has 2 rings (SSSR count). The summed E-state index contributed by atoms with van der Waals surface area (Å²) < 4.78 is 5.78. The molecule has 0 aliphatic heterocycles. The van der Waals surface area contributed by atoms with E-state index in [9.17, 15) is 4.79 Å². The molecule has 0 aliphatic rings. The summed E-state index contributed by atoms with van der Waals surface area (Å²) in [5.74, 6) is 3.20. The Morgan fingerprint density at radius 3 is 2.95 bits per heavy atom. The zero-order valence-electron chi connectivity index (χ0n) is 11.7. The molecule has 0 saturated carbocycles. The minimum Gasteiger partial charge on any atom is -0.459 e. The zero-order chi connectivity index (χ0) is 14.5. The third kappa shape index (κ3) is 3.01. The van der Waals surface area contributed by atoms with E-state index in [-0.39, 0.29) is 18.5 Å². The lowest BCUT2D eigenvalue weighted by Crippen LogP contribution is -2.37. The highest BCUT2D eigenvalue weighted by Gasteiger charge is 2.20. The molecule has 0 saturated heterocycles. The van der Waals surface area contributed by atoms with Gasteiger partial charge in [-0.05, 0) is 19.1 Å². The highest BCUT2D eigenvalue weighted by Crippen LogP contribution is 2.26. The van der Waals surface area contributed by atoms with Gasteiger partial charge >= 0.3 is 0 Å². The van der Waals surface area contributed by atoms with Crippen molar-refractivity contribution < 1.29 is 9.21 Å². The first-order chi connectivity index (χ1) is 9.63. The van der Waals surface area contributed by atoms with Gasteiger partial charge in [0.2, 0.25) is 5.91 Å². The largest absolute Gasteiger partial charge is 0.459 e. The summed E-state index contributed by atoms with van der Waals surface area (Å²) in [5, 5.41) is 3.93. The molecule has 1 heterocycles. The van der Waals surface area contributed by atoms with Crippen LogP contribution in [-0.2, 0) is 4.79 Å². The number of likely N-dealkylation sites (N-methyl/N-ethyl adjacent to an activating group) is 1. The minimum absolute atomic E-state index is 0.0202. The highest BCUT2D eigenvalue weighted by atomic mass is 16.3. The number of fused-ring (bicyclic) bond motifs is 1. The quantitative estimate of drug-likeness (QED) is 0.669. The molecule has 0 radical (unpaired) electrons. The van der Waals surface area contributed by atoms with Crippen LogP contribution >= 0.6 is 0 Å². The lowest BCUT2D eigenvalue weighted by atomic mass is 10.2. The summed E-state index contributed by atoms with van der Waals surface area (Å²) in [5.41, 5.74) is 0.834. The van der Waals surface area contributed by atoms with E-state index >= 15 is 0 Å². The van der Waals surface area contributed by atoms with Crippen LogP contribution in [0.3, 0.4) is 0 Å². The summed E-state index contributed by atoms with van der Waals surface area (Å²) >= 11 is 0. The molecule has 104 valence electrons. The second-order valence-corrected chi connectivity index (χ2v) is 4.67. The molecule has 2 aromatic rings. The first-order valence-electron chi connectivity index (χ1n) is 6.52. The fraction of sp³-hybridized carbons (Fsp3) is 0.312. The van der Waals surface area contributed by atoms with Crippen LogP contribution in [-0.4, -0.2) is 30.9 Å². The number of nitrogens with zero attached hydrogens (tertiary/aromatic N) is 1. The van der Waals surface area contributed by atoms with Crippen molar-refractivity contribution in [2.24, 2.45) is 0 Å². The van der Waals surface area contributed by atoms with E-state index in [1.807, 2.05) is 37.3 Å². The van der Waals surface area contributed by atoms with Crippen LogP contribution in [0.2, 0.25) is 0 Å². The van der Waals surface area contributed by atoms with Gasteiger partial charge in [-0.2, -0.15) is 0 Å². The van der Waals surface area contributed by atoms with Crippen molar-refractivity contribution >= 4 is 16.9 Å². The van der Waals surface area contributed by atoms with E-state index in [0.717, 1.165) is 16.7 Å². The molecular formula is C16H18N2O2. The zero-order valence-corrected chi connectivity index (χ0v) is 11.7. The molecule has 20 heavy (non-hydrogen) atoms. The molecule has 1 N–H and O–H groups in total. The maximum Gasteiger partial charge on any atom is 0.236 e. The van der Waals surface area contributed by atoms with E-state index in [1.165, 1.54) is 0 Å². The van der Waals surface area contributed by atoms with E-state index in [1.54, 1.807) is 11.9 Å². The maximum atomic E-state index is 12.0. The van der Waals surface area contributed by atoms with Crippen LogP contribution in [0.1, 0.15) is 18.7 Å². The number of carbonyl (C=O) groups excluding carboxylic acids is 1. The molecule has 4 heteroatoms. The summed E-state index contributed by atoms with van der Waals surface area (Å²) in [6.45, 7) is 2.56. The monoisotopic (exact) mass is 270 g/mol. The average molecular weight is 270 g/mol. The number of furan rings is 1. The van der Waals surface area contributed by atoms with Crippen molar-refractivity contribution in [3.8, 4) is 12.3 Å². The molecule has 4 nitrogen and oxygen atoms in total. The number of para-hydroxylation sites is 1.